The Morgan fingerprint density at radius 3 is 2.71 bits per heavy atom. The van der Waals surface area contributed by atoms with Crippen LogP contribution < -0.4 is 14.9 Å². The highest BCUT2D eigenvalue weighted by atomic mass is 32.1. The Kier molecular flexibility index (Phi) is 6.65. The Hall–Kier alpha value is -4.11. The lowest BCUT2D eigenvalue weighted by atomic mass is 9.95. The summed E-state index contributed by atoms with van der Waals surface area (Å²) in [6, 6.07) is 14.7. The van der Waals surface area contributed by atoms with Gasteiger partial charge in [-0.2, -0.15) is 0 Å². The number of fused-ring (bicyclic) bond motifs is 1. The maximum absolute atomic E-state index is 13.4. The van der Waals surface area contributed by atoms with Gasteiger partial charge in [-0.15, -0.1) is 0 Å². The summed E-state index contributed by atoms with van der Waals surface area (Å²) < 4.78 is 7.07. The number of non-ortho nitro benzene ring substituents is 1. The van der Waals surface area contributed by atoms with Crippen molar-refractivity contribution in [2.45, 2.75) is 19.9 Å². The second kappa shape index (κ2) is 9.80. The molecule has 0 saturated heterocycles. The van der Waals surface area contributed by atoms with Gasteiger partial charge in [0.25, 0.3) is 11.2 Å². The van der Waals surface area contributed by atoms with Crippen molar-refractivity contribution in [2.75, 3.05) is 6.61 Å². The number of esters is 1. The van der Waals surface area contributed by atoms with E-state index in [1.54, 1.807) is 32.1 Å². The Morgan fingerprint density at radius 2 is 2.00 bits per heavy atom. The first-order valence-corrected chi connectivity index (χ1v) is 11.4. The molecule has 172 valence electrons. The number of thiazole rings is 1. The van der Waals surface area contributed by atoms with E-state index in [1.807, 2.05) is 36.4 Å². The molecular weight excluding hydrogens is 454 g/mol. The third-order valence-electron chi connectivity index (χ3n) is 5.25. The van der Waals surface area contributed by atoms with Crippen LogP contribution in [0.5, 0.6) is 0 Å². The SMILES string of the molecule is CCOC(=O)C1=C(C)N=c2sc(=C/C=C/c3ccccc3)c(=O)n2[C@@H]1c1cccc([N+](=O)[O-])c1. The highest BCUT2D eigenvalue weighted by Gasteiger charge is 2.33. The Bertz CT molecular complexity index is 1500. The minimum Gasteiger partial charge on any atom is -0.463 e. The van der Waals surface area contributed by atoms with Crippen LogP contribution in [0, 0.1) is 10.1 Å². The Labute approximate surface area is 198 Å². The minimum atomic E-state index is -0.893. The summed E-state index contributed by atoms with van der Waals surface area (Å²) in [5.74, 6) is -0.612. The van der Waals surface area contributed by atoms with E-state index in [-0.39, 0.29) is 23.4 Å². The van der Waals surface area contributed by atoms with Gasteiger partial charge in [-0.25, -0.2) is 9.79 Å². The van der Waals surface area contributed by atoms with Crippen LogP contribution in [-0.4, -0.2) is 22.1 Å². The number of nitrogens with zero attached hydrogens (tertiary/aromatic N) is 3. The Balaban J connectivity index is 1.89. The molecule has 0 radical (unpaired) electrons. The van der Waals surface area contributed by atoms with Crippen molar-refractivity contribution in [2.24, 2.45) is 4.99 Å². The molecule has 2 heterocycles. The van der Waals surface area contributed by atoms with Crippen LogP contribution in [0.15, 0.2) is 81.7 Å². The van der Waals surface area contributed by atoms with E-state index in [4.69, 9.17) is 4.74 Å². The predicted octanol–water partition coefficient (Wildman–Crippen LogP) is 3.37. The van der Waals surface area contributed by atoms with E-state index in [9.17, 15) is 19.7 Å². The molecule has 0 fully saturated rings. The molecule has 0 N–H and O–H groups in total. The number of aromatic nitrogens is 1. The molecule has 0 spiro atoms. The monoisotopic (exact) mass is 475 g/mol. The van der Waals surface area contributed by atoms with E-state index in [2.05, 4.69) is 4.99 Å². The third kappa shape index (κ3) is 4.51. The second-order valence-electron chi connectivity index (χ2n) is 7.45. The Morgan fingerprint density at radius 1 is 1.24 bits per heavy atom. The molecule has 3 aromatic rings. The summed E-state index contributed by atoms with van der Waals surface area (Å²) in [6.07, 6.45) is 5.36. The van der Waals surface area contributed by atoms with Crippen LogP contribution in [-0.2, 0) is 9.53 Å². The average molecular weight is 476 g/mol. The van der Waals surface area contributed by atoms with Gasteiger partial charge in [-0.1, -0.05) is 66.0 Å². The number of hydrogen-bond acceptors (Lipinski definition) is 7. The van der Waals surface area contributed by atoms with Crippen LogP contribution in [0.3, 0.4) is 0 Å². The summed E-state index contributed by atoms with van der Waals surface area (Å²) in [7, 11) is 0. The predicted molar refractivity (Wildman–Crippen MR) is 130 cm³/mol. The number of carbonyl (C=O) groups is 1. The van der Waals surface area contributed by atoms with Crippen molar-refractivity contribution >= 4 is 35.1 Å². The molecule has 1 atom stereocenters. The fourth-order valence-electron chi connectivity index (χ4n) is 3.74. The van der Waals surface area contributed by atoms with E-state index >= 15 is 0 Å². The molecule has 4 rings (SSSR count). The first-order chi connectivity index (χ1) is 16.4. The quantitative estimate of drug-likeness (QED) is 0.309. The first kappa shape index (κ1) is 23.1. The molecule has 2 aromatic carbocycles. The van der Waals surface area contributed by atoms with Crippen molar-refractivity contribution < 1.29 is 14.5 Å². The van der Waals surface area contributed by atoms with Gasteiger partial charge in [0, 0.05) is 12.1 Å². The number of nitro groups is 1. The van der Waals surface area contributed by atoms with Crippen LogP contribution in [0.2, 0.25) is 0 Å². The maximum Gasteiger partial charge on any atom is 0.338 e. The number of nitro benzene ring substituents is 1. The molecular formula is C25H21N3O5S. The molecule has 34 heavy (non-hydrogen) atoms. The highest BCUT2D eigenvalue weighted by Crippen LogP contribution is 2.32. The van der Waals surface area contributed by atoms with E-state index in [0.717, 1.165) is 5.56 Å². The van der Waals surface area contributed by atoms with Gasteiger partial charge >= 0.3 is 5.97 Å². The van der Waals surface area contributed by atoms with E-state index in [1.165, 1.54) is 34.1 Å². The van der Waals surface area contributed by atoms with Gasteiger partial charge in [-0.3, -0.25) is 19.5 Å². The summed E-state index contributed by atoms with van der Waals surface area (Å²) in [5.41, 5.74) is 1.53. The van der Waals surface area contributed by atoms with Crippen LogP contribution >= 0.6 is 11.3 Å². The molecule has 1 aliphatic rings. The molecule has 0 bridgehead atoms. The number of ether oxygens (including phenoxy) is 1. The second-order valence-corrected chi connectivity index (χ2v) is 8.46. The highest BCUT2D eigenvalue weighted by molar-refractivity contribution is 7.07. The molecule has 8 nitrogen and oxygen atoms in total. The zero-order valence-corrected chi connectivity index (χ0v) is 19.3. The lowest BCUT2D eigenvalue weighted by Crippen LogP contribution is -2.39. The van der Waals surface area contributed by atoms with Crippen LogP contribution in [0.1, 0.15) is 31.0 Å². The summed E-state index contributed by atoms with van der Waals surface area (Å²) in [4.78, 5) is 42.1. The zero-order chi connectivity index (χ0) is 24.2. The molecule has 1 aliphatic heterocycles. The van der Waals surface area contributed by atoms with E-state index in [0.29, 0.717) is 20.6 Å². The standard InChI is InChI=1S/C25H21N3O5S/c1-3-33-24(30)21-16(2)26-25-27(22(21)18-12-8-13-19(15-18)28(31)32)23(29)20(34-25)14-7-11-17-9-5-4-6-10-17/h4-15,22H,3H2,1-2H3/b11-7+,20-14?/t22-/m1/s1. The normalized spacial score (nSPS) is 15.8. The van der Waals surface area contributed by atoms with Gasteiger partial charge < -0.3 is 4.74 Å². The molecule has 0 saturated carbocycles. The average Bonchev–Trinajstić information content (AvgIpc) is 3.13. The largest absolute Gasteiger partial charge is 0.463 e. The summed E-state index contributed by atoms with van der Waals surface area (Å²) in [5, 5.41) is 11.4. The van der Waals surface area contributed by atoms with Crippen molar-refractivity contribution in [1.82, 2.24) is 4.57 Å². The molecule has 0 unspecified atom stereocenters. The lowest BCUT2D eigenvalue weighted by molar-refractivity contribution is -0.384. The first-order valence-electron chi connectivity index (χ1n) is 10.6. The van der Waals surface area contributed by atoms with Crippen molar-refractivity contribution in [3.05, 3.63) is 113 Å². The smallest absolute Gasteiger partial charge is 0.338 e. The molecule has 0 aliphatic carbocycles. The van der Waals surface area contributed by atoms with Crippen molar-refractivity contribution in [3.8, 4) is 0 Å². The van der Waals surface area contributed by atoms with E-state index < -0.39 is 16.9 Å². The number of rotatable bonds is 6. The van der Waals surface area contributed by atoms with Crippen LogP contribution in [0.4, 0.5) is 5.69 Å². The van der Waals surface area contributed by atoms with Gasteiger partial charge in [-0.05, 0) is 31.1 Å². The fraction of sp³-hybridized carbons (Fsp3) is 0.160. The number of carbonyl (C=O) groups excluding carboxylic acids is 1. The molecule has 9 heteroatoms. The number of allylic oxidation sites excluding steroid dienone is 2. The van der Waals surface area contributed by atoms with Crippen molar-refractivity contribution in [3.63, 3.8) is 0 Å². The number of hydrogen-bond donors (Lipinski definition) is 0. The minimum absolute atomic E-state index is 0.136. The fourth-order valence-corrected chi connectivity index (χ4v) is 4.74. The van der Waals surface area contributed by atoms with Crippen LogP contribution in [0.25, 0.3) is 12.2 Å². The molecule has 0 amide bonds. The summed E-state index contributed by atoms with van der Waals surface area (Å²) in [6.45, 7) is 3.50. The van der Waals surface area contributed by atoms with Crippen molar-refractivity contribution in [1.29, 1.82) is 0 Å². The van der Waals surface area contributed by atoms with Gasteiger partial charge in [0.05, 0.1) is 33.4 Å². The molecule has 1 aromatic heterocycles. The van der Waals surface area contributed by atoms with Gasteiger partial charge in [0.2, 0.25) is 0 Å². The van der Waals surface area contributed by atoms with Gasteiger partial charge in [0.1, 0.15) is 0 Å². The number of benzene rings is 2. The zero-order valence-electron chi connectivity index (χ0n) is 18.5. The third-order valence-corrected chi connectivity index (χ3v) is 6.25. The lowest BCUT2D eigenvalue weighted by Gasteiger charge is -2.24. The van der Waals surface area contributed by atoms with Gasteiger partial charge in [0.15, 0.2) is 4.80 Å². The maximum atomic E-state index is 13.4. The summed E-state index contributed by atoms with van der Waals surface area (Å²) >= 11 is 1.19. The topological polar surface area (TPSA) is 104 Å².